The molecule has 1 atom stereocenters. The zero-order valence-corrected chi connectivity index (χ0v) is 13.2. The quantitative estimate of drug-likeness (QED) is 0.572. The minimum atomic E-state index is -1.97. The lowest BCUT2D eigenvalue weighted by Gasteiger charge is -2.38. The zero-order valence-electron chi connectivity index (χ0n) is 9.45. The average Bonchev–Trinajstić information content (AvgIpc) is 2.67. The van der Waals surface area contributed by atoms with Gasteiger partial charge in [-0.15, -0.1) is 0 Å². The van der Waals surface area contributed by atoms with E-state index < -0.39 is 14.4 Å². The van der Waals surface area contributed by atoms with Crippen molar-refractivity contribution in [2.45, 2.75) is 34.2 Å². The molecule has 0 N–H and O–H groups in total. The number of alkyl halides is 5. The van der Waals surface area contributed by atoms with Gasteiger partial charge in [0, 0.05) is 6.54 Å². The van der Waals surface area contributed by atoms with Gasteiger partial charge >= 0.3 is 0 Å². The van der Waals surface area contributed by atoms with Crippen molar-refractivity contribution in [3.8, 4) is 6.07 Å². The summed E-state index contributed by atoms with van der Waals surface area (Å²) in [5.74, 6) is 0. The van der Waals surface area contributed by atoms with Gasteiger partial charge in [-0.2, -0.15) is 10.4 Å². The van der Waals surface area contributed by atoms with Crippen LogP contribution in [0.3, 0.4) is 0 Å². The lowest BCUT2D eigenvalue weighted by molar-refractivity contribution is 0.156. The molecule has 0 radical (unpaired) electrons. The topological polar surface area (TPSA) is 42.6 Å². The molecule has 0 spiro atoms. The number of halogens is 5. The molecule has 0 aromatic carbocycles. The third kappa shape index (κ3) is 3.20. The van der Waals surface area contributed by atoms with Crippen LogP contribution < -0.4 is 0 Å². The van der Waals surface area contributed by atoms with Crippen LogP contribution in [-0.2, 0) is 0 Å². The van der Waals surface area contributed by atoms with Crippen molar-refractivity contribution in [2.24, 2.45) is 5.10 Å². The van der Waals surface area contributed by atoms with Crippen molar-refractivity contribution < 1.29 is 0 Å². The zero-order chi connectivity index (χ0) is 14.0. The predicted octanol–water partition coefficient (Wildman–Crippen LogP) is 3.70. The van der Waals surface area contributed by atoms with E-state index in [0.29, 0.717) is 6.54 Å². The largest absolute Gasteiger partial charge is 0.291 e. The number of nitrogens with zero attached hydrogens (tertiary/aromatic N) is 4. The highest BCUT2D eigenvalue weighted by Gasteiger charge is 2.54. The van der Waals surface area contributed by atoms with Gasteiger partial charge in [-0.1, -0.05) is 71.3 Å². The van der Waals surface area contributed by atoms with E-state index in [1.807, 2.05) is 13.0 Å². The van der Waals surface area contributed by atoms with Gasteiger partial charge in [0.1, 0.15) is 12.4 Å². The molecule has 0 saturated heterocycles. The maximum Gasteiger partial charge on any atom is 0.241 e. The van der Waals surface area contributed by atoms with Gasteiger partial charge in [-0.05, 0) is 6.42 Å². The van der Waals surface area contributed by atoms with Gasteiger partial charge in [0.05, 0.1) is 0 Å². The maximum atomic E-state index is 9.18. The first kappa shape index (κ1) is 16.3. The van der Waals surface area contributed by atoms with Crippen LogP contribution in [0.15, 0.2) is 5.10 Å². The molecular weight excluding hydrogens is 341 g/mol. The van der Waals surface area contributed by atoms with Crippen LogP contribution in [0.1, 0.15) is 19.8 Å². The standard InChI is InChI=1S/C9H11Cl5N4/c1-2-3-4-18-7(5-15)17(6-16-18)9(13,14)8(10,11)12/h6-7H,2-4H2,1H3. The van der Waals surface area contributed by atoms with Gasteiger partial charge in [0.2, 0.25) is 14.4 Å². The van der Waals surface area contributed by atoms with Gasteiger partial charge in [0.25, 0.3) is 0 Å². The molecule has 1 aliphatic rings. The van der Waals surface area contributed by atoms with E-state index in [0.717, 1.165) is 12.8 Å². The summed E-state index contributed by atoms with van der Waals surface area (Å²) in [6.07, 6.45) is 2.38. The van der Waals surface area contributed by atoms with E-state index in [1.54, 1.807) is 5.01 Å². The maximum absolute atomic E-state index is 9.18. The Labute approximate surface area is 131 Å². The lowest BCUT2D eigenvalue weighted by Crippen LogP contribution is -2.53. The van der Waals surface area contributed by atoms with Crippen LogP contribution in [0.4, 0.5) is 0 Å². The Morgan fingerprint density at radius 2 is 1.94 bits per heavy atom. The molecule has 0 aromatic rings. The van der Waals surface area contributed by atoms with Crippen molar-refractivity contribution in [1.29, 1.82) is 5.26 Å². The molecule has 0 bridgehead atoms. The first-order valence-electron chi connectivity index (χ1n) is 5.19. The molecule has 0 saturated carbocycles. The van der Waals surface area contributed by atoms with Crippen LogP contribution in [0.5, 0.6) is 0 Å². The van der Waals surface area contributed by atoms with Crippen LogP contribution in [0.25, 0.3) is 0 Å². The van der Waals surface area contributed by atoms with E-state index in [4.69, 9.17) is 58.0 Å². The van der Waals surface area contributed by atoms with Gasteiger partial charge in [-0.3, -0.25) is 9.91 Å². The number of hydrazone groups is 1. The van der Waals surface area contributed by atoms with E-state index in [-0.39, 0.29) is 0 Å². The highest BCUT2D eigenvalue weighted by Crippen LogP contribution is 2.49. The van der Waals surface area contributed by atoms with Crippen LogP contribution >= 0.6 is 58.0 Å². The Balaban J connectivity index is 2.87. The average molecular weight is 352 g/mol. The Hall–Kier alpha value is 0.210. The summed E-state index contributed by atoms with van der Waals surface area (Å²) < 4.78 is -3.85. The number of rotatable bonds is 4. The Morgan fingerprint density at radius 3 is 2.39 bits per heavy atom. The molecule has 0 aliphatic carbocycles. The highest BCUT2D eigenvalue weighted by atomic mass is 35.6. The molecule has 18 heavy (non-hydrogen) atoms. The molecule has 1 rings (SSSR count). The summed E-state index contributed by atoms with van der Waals surface area (Å²) in [7, 11) is 0. The molecule has 1 aliphatic heterocycles. The van der Waals surface area contributed by atoms with E-state index in [1.165, 1.54) is 11.2 Å². The minimum absolute atomic E-state index is 0.603. The third-order valence-corrected chi connectivity index (χ3v) is 4.75. The Bertz CT molecular complexity index is 359. The number of hydrogen-bond acceptors (Lipinski definition) is 4. The van der Waals surface area contributed by atoms with Crippen molar-refractivity contribution in [3.63, 3.8) is 0 Å². The smallest absolute Gasteiger partial charge is 0.241 e. The molecule has 1 heterocycles. The second-order valence-electron chi connectivity index (χ2n) is 3.70. The number of unbranched alkanes of at least 4 members (excludes halogenated alkanes) is 1. The summed E-state index contributed by atoms with van der Waals surface area (Å²) in [6.45, 7) is 2.64. The SMILES string of the molecule is CCCCN1N=CN(C(Cl)(Cl)C(Cl)(Cl)Cl)C1C#N. The van der Waals surface area contributed by atoms with Crippen LogP contribution in [-0.4, -0.2) is 37.2 Å². The fraction of sp³-hybridized carbons (Fsp3) is 0.778. The van der Waals surface area contributed by atoms with E-state index >= 15 is 0 Å². The second kappa shape index (κ2) is 6.11. The summed E-state index contributed by atoms with van der Waals surface area (Å²) in [6, 6.07) is 2.03. The first-order valence-corrected chi connectivity index (χ1v) is 7.08. The van der Waals surface area contributed by atoms with Gasteiger partial charge < -0.3 is 0 Å². The van der Waals surface area contributed by atoms with Crippen molar-refractivity contribution in [1.82, 2.24) is 9.91 Å². The lowest BCUT2D eigenvalue weighted by atomic mass is 10.3. The first-order chi connectivity index (χ1) is 8.25. The highest BCUT2D eigenvalue weighted by molar-refractivity contribution is 6.75. The fourth-order valence-corrected chi connectivity index (χ4v) is 1.96. The van der Waals surface area contributed by atoms with Crippen molar-refractivity contribution in [2.75, 3.05) is 6.54 Å². The number of hydrogen-bond donors (Lipinski definition) is 0. The number of nitriles is 1. The van der Waals surface area contributed by atoms with Crippen LogP contribution in [0, 0.1) is 11.3 Å². The molecule has 1 unspecified atom stereocenters. The summed E-state index contributed by atoms with van der Waals surface area (Å²) in [5, 5.41) is 14.8. The summed E-state index contributed by atoms with van der Waals surface area (Å²) in [4.78, 5) is 1.22. The van der Waals surface area contributed by atoms with Crippen molar-refractivity contribution in [3.05, 3.63) is 0 Å². The third-order valence-electron chi connectivity index (χ3n) is 2.39. The molecule has 0 amide bonds. The van der Waals surface area contributed by atoms with Gasteiger partial charge in [-0.25, -0.2) is 0 Å². The summed E-state index contributed by atoms with van der Waals surface area (Å²) >= 11 is 29.2. The summed E-state index contributed by atoms with van der Waals surface area (Å²) in [5.41, 5.74) is 0. The molecule has 0 fully saturated rings. The molecule has 4 nitrogen and oxygen atoms in total. The van der Waals surface area contributed by atoms with Crippen LogP contribution in [0.2, 0.25) is 0 Å². The van der Waals surface area contributed by atoms with Crippen molar-refractivity contribution >= 4 is 64.3 Å². The second-order valence-corrected chi connectivity index (χ2v) is 7.27. The molecule has 0 aromatic heterocycles. The van der Waals surface area contributed by atoms with Gasteiger partial charge in [0.15, 0.2) is 0 Å². The monoisotopic (exact) mass is 350 g/mol. The molecule has 102 valence electrons. The normalized spacial score (nSPS) is 20.4. The fourth-order valence-electron chi connectivity index (χ4n) is 1.39. The molecular formula is C9H11Cl5N4. The minimum Gasteiger partial charge on any atom is -0.291 e. The predicted molar refractivity (Wildman–Crippen MR) is 76.1 cm³/mol. The Kier molecular flexibility index (Phi) is 5.52. The van der Waals surface area contributed by atoms with E-state index in [2.05, 4.69) is 5.10 Å². The Morgan fingerprint density at radius 1 is 1.33 bits per heavy atom. The molecule has 9 heteroatoms. The van der Waals surface area contributed by atoms with E-state index in [9.17, 15) is 5.26 Å².